The average Bonchev–Trinajstić information content (AvgIpc) is 2.26. The topological polar surface area (TPSA) is 84.6 Å². The third kappa shape index (κ3) is 5.36. The third-order valence-corrected chi connectivity index (χ3v) is 2.69. The van der Waals surface area contributed by atoms with E-state index in [4.69, 9.17) is 22.1 Å². The van der Waals surface area contributed by atoms with Crippen molar-refractivity contribution < 1.29 is 14.6 Å². The van der Waals surface area contributed by atoms with E-state index >= 15 is 0 Å². The second kappa shape index (κ2) is 6.92. The van der Waals surface area contributed by atoms with Crippen molar-refractivity contribution in [2.75, 3.05) is 11.9 Å². The Balaban J connectivity index is 2.92. The van der Waals surface area contributed by atoms with Gasteiger partial charge in [0, 0.05) is 10.6 Å². The molecule has 1 rings (SSSR count). The van der Waals surface area contributed by atoms with Crippen LogP contribution in [0.25, 0.3) is 0 Å². The van der Waals surface area contributed by atoms with Gasteiger partial charge in [0.15, 0.2) is 0 Å². The van der Waals surface area contributed by atoms with E-state index in [-0.39, 0.29) is 0 Å². The Morgan fingerprint density at radius 3 is 2.70 bits per heavy atom. The van der Waals surface area contributed by atoms with Gasteiger partial charge in [0.05, 0.1) is 11.8 Å². The first-order chi connectivity index (χ1) is 9.23. The number of anilines is 1. The minimum Gasteiger partial charge on any atom is -0.444 e. The van der Waals surface area contributed by atoms with Crippen LogP contribution >= 0.6 is 11.6 Å². The van der Waals surface area contributed by atoms with Gasteiger partial charge in [0.25, 0.3) is 0 Å². The summed E-state index contributed by atoms with van der Waals surface area (Å²) in [4.78, 5) is 11.8. The molecule has 0 bridgehead atoms. The number of nitrogens with two attached hydrogens (primary N) is 1. The smallest absolute Gasteiger partial charge is 0.412 e. The summed E-state index contributed by atoms with van der Waals surface area (Å²) in [7, 11) is 0. The Kier molecular flexibility index (Phi) is 5.80. The van der Waals surface area contributed by atoms with E-state index in [9.17, 15) is 9.90 Å². The first kappa shape index (κ1) is 16.8. The van der Waals surface area contributed by atoms with Crippen LogP contribution in [0.15, 0.2) is 18.2 Å². The fourth-order valence-electron chi connectivity index (χ4n) is 1.65. The first-order valence-corrected chi connectivity index (χ1v) is 6.78. The van der Waals surface area contributed by atoms with E-state index in [1.165, 1.54) is 0 Å². The molecule has 0 aromatic heterocycles. The van der Waals surface area contributed by atoms with Crippen molar-refractivity contribution >= 4 is 23.4 Å². The van der Waals surface area contributed by atoms with Gasteiger partial charge in [0.1, 0.15) is 5.60 Å². The molecule has 0 aliphatic rings. The lowest BCUT2D eigenvalue weighted by atomic mass is 10.0. The molecule has 0 saturated heterocycles. The minimum atomic E-state index is -0.762. The summed E-state index contributed by atoms with van der Waals surface area (Å²) in [5, 5.41) is 13.1. The van der Waals surface area contributed by atoms with Gasteiger partial charge in [-0.05, 0) is 45.9 Å². The molecule has 0 spiro atoms. The first-order valence-electron chi connectivity index (χ1n) is 6.40. The van der Waals surface area contributed by atoms with Crippen LogP contribution in [-0.4, -0.2) is 23.3 Å². The number of benzene rings is 1. The number of halogens is 1. The van der Waals surface area contributed by atoms with Crippen molar-refractivity contribution in [1.29, 1.82) is 0 Å². The monoisotopic (exact) mass is 300 g/mol. The predicted octanol–water partition coefficient (Wildman–Crippen LogP) is 3.07. The molecule has 0 aliphatic carbocycles. The quantitative estimate of drug-likeness (QED) is 0.798. The van der Waals surface area contributed by atoms with Crippen LogP contribution in [-0.2, 0) is 4.74 Å². The second-order valence-electron chi connectivity index (χ2n) is 5.45. The Bertz CT molecular complexity index is 472. The Morgan fingerprint density at radius 2 is 2.15 bits per heavy atom. The zero-order chi connectivity index (χ0) is 15.3. The van der Waals surface area contributed by atoms with Gasteiger partial charge in [-0.3, -0.25) is 5.32 Å². The van der Waals surface area contributed by atoms with Crippen LogP contribution in [0.2, 0.25) is 5.02 Å². The summed E-state index contributed by atoms with van der Waals surface area (Å²) in [6.07, 6.45) is -0.965. The number of carbonyl (C=O) groups excluding carboxylic acids is 1. The summed E-state index contributed by atoms with van der Waals surface area (Å²) in [5.41, 5.74) is 5.82. The number of nitrogens with one attached hydrogen (secondary N) is 1. The summed E-state index contributed by atoms with van der Waals surface area (Å²) < 4.78 is 5.18. The van der Waals surface area contributed by atoms with Crippen molar-refractivity contribution in [2.45, 2.75) is 38.9 Å². The average molecular weight is 301 g/mol. The molecule has 1 aromatic rings. The molecule has 0 radical (unpaired) electrons. The fourth-order valence-corrected chi connectivity index (χ4v) is 1.83. The third-order valence-electron chi connectivity index (χ3n) is 2.45. The molecule has 20 heavy (non-hydrogen) atoms. The summed E-state index contributed by atoms with van der Waals surface area (Å²) in [5.74, 6) is 0. The molecule has 1 amide bonds. The van der Waals surface area contributed by atoms with Crippen LogP contribution in [0.4, 0.5) is 10.5 Å². The van der Waals surface area contributed by atoms with E-state index < -0.39 is 17.8 Å². The number of aliphatic hydroxyl groups is 1. The van der Waals surface area contributed by atoms with Crippen LogP contribution in [0.1, 0.15) is 38.9 Å². The van der Waals surface area contributed by atoms with Crippen molar-refractivity contribution in [3.63, 3.8) is 0 Å². The maximum absolute atomic E-state index is 11.8. The largest absolute Gasteiger partial charge is 0.444 e. The highest BCUT2D eigenvalue weighted by atomic mass is 35.5. The zero-order valence-corrected chi connectivity index (χ0v) is 12.7. The Labute approximate surface area is 124 Å². The maximum Gasteiger partial charge on any atom is 0.412 e. The highest BCUT2D eigenvalue weighted by molar-refractivity contribution is 6.31. The number of ether oxygens (including phenoxy) is 1. The lowest BCUT2D eigenvalue weighted by Crippen LogP contribution is -2.27. The highest BCUT2D eigenvalue weighted by Crippen LogP contribution is 2.28. The van der Waals surface area contributed by atoms with E-state index in [0.29, 0.717) is 29.2 Å². The van der Waals surface area contributed by atoms with Gasteiger partial charge in [-0.15, -0.1) is 0 Å². The SMILES string of the molecule is CC(C)(C)OC(=O)Nc1cc(Cl)ccc1[C@@H](O)CCN. The number of rotatable bonds is 4. The van der Waals surface area contributed by atoms with E-state index in [0.717, 1.165) is 0 Å². The molecule has 0 saturated carbocycles. The number of hydrogen-bond acceptors (Lipinski definition) is 4. The van der Waals surface area contributed by atoms with Gasteiger partial charge in [-0.2, -0.15) is 0 Å². The maximum atomic E-state index is 11.8. The van der Waals surface area contributed by atoms with E-state index in [2.05, 4.69) is 5.32 Å². The summed E-state index contributed by atoms with van der Waals surface area (Å²) in [6, 6.07) is 4.88. The molecular formula is C14H21ClN2O3. The molecular weight excluding hydrogens is 280 g/mol. The molecule has 1 aromatic carbocycles. The van der Waals surface area contributed by atoms with Crippen LogP contribution < -0.4 is 11.1 Å². The Morgan fingerprint density at radius 1 is 1.50 bits per heavy atom. The molecule has 0 aliphatic heterocycles. The van der Waals surface area contributed by atoms with Gasteiger partial charge in [-0.25, -0.2) is 4.79 Å². The van der Waals surface area contributed by atoms with Crippen molar-refractivity contribution in [2.24, 2.45) is 5.73 Å². The van der Waals surface area contributed by atoms with E-state index in [1.54, 1.807) is 39.0 Å². The predicted molar refractivity (Wildman–Crippen MR) is 79.9 cm³/mol. The molecule has 4 N–H and O–H groups in total. The number of aliphatic hydroxyl groups excluding tert-OH is 1. The van der Waals surface area contributed by atoms with E-state index in [1.807, 2.05) is 0 Å². The van der Waals surface area contributed by atoms with Crippen LogP contribution in [0.5, 0.6) is 0 Å². The lowest BCUT2D eigenvalue weighted by Gasteiger charge is -2.21. The van der Waals surface area contributed by atoms with Crippen LogP contribution in [0.3, 0.4) is 0 Å². The molecule has 0 unspecified atom stereocenters. The number of carbonyl (C=O) groups is 1. The number of hydrogen-bond donors (Lipinski definition) is 3. The summed E-state index contributed by atoms with van der Waals surface area (Å²) in [6.45, 7) is 5.66. The second-order valence-corrected chi connectivity index (χ2v) is 5.89. The van der Waals surface area contributed by atoms with Crippen molar-refractivity contribution in [1.82, 2.24) is 0 Å². The Hall–Kier alpha value is -1.30. The molecule has 0 fully saturated rings. The van der Waals surface area contributed by atoms with Gasteiger partial charge < -0.3 is 15.6 Å². The minimum absolute atomic E-state index is 0.343. The van der Waals surface area contributed by atoms with Gasteiger partial charge in [-0.1, -0.05) is 17.7 Å². The van der Waals surface area contributed by atoms with Gasteiger partial charge >= 0.3 is 6.09 Å². The molecule has 5 nitrogen and oxygen atoms in total. The van der Waals surface area contributed by atoms with Gasteiger partial charge in [0.2, 0.25) is 0 Å². The fraction of sp³-hybridized carbons (Fsp3) is 0.500. The molecule has 0 heterocycles. The summed E-state index contributed by atoms with van der Waals surface area (Å²) >= 11 is 5.92. The highest BCUT2D eigenvalue weighted by Gasteiger charge is 2.19. The lowest BCUT2D eigenvalue weighted by molar-refractivity contribution is 0.0635. The molecule has 1 atom stereocenters. The number of amides is 1. The van der Waals surface area contributed by atoms with Crippen LogP contribution in [0, 0.1) is 0 Å². The van der Waals surface area contributed by atoms with Crippen molar-refractivity contribution in [3.05, 3.63) is 28.8 Å². The molecule has 6 heteroatoms. The molecule has 112 valence electrons. The normalized spacial score (nSPS) is 12.9. The van der Waals surface area contributed by atoms with Crippen molar-refractivity contribution in [3.8, 4) is 0 Å². The zero-order valence-electron chi connectivity index (χ0n) is 11.9. The standard InChI is InChI=1S/C14H21ClN2O3/c1-14(2,3)20-13(19)17-11-8-9(15)4-5-10(11)12(18)6-7-16/h4-5,8,12,18H,6-7,16H2,1-3H3,(H,17,19)/t12-/m0/s1.